The standard InChI is InChI=1S/C26H27N7O3/c1-25(2)15-31(21(34)19-7-5-6-11-28-19)20-13-17(8-9-18(20)25)33-22(35)26(3,4)32(24(33)36)14-16-10-12-29-23(27)30-16/h5-13H,14-15H2,1-4H3,(H2,27,29,30). The van der Waals surface area contributed by atoms with Gasteiger partial charge in [0, 0.05) is 30.0 Å². The van der Waals surface area contributed by atoms with Crippen LogP contribution in [0, 0.1) is 0 Å². The first kappa shape index (κ1) is 23.4. The van der Waals surface area contributed by atoms with Crippen molar-refractivity contribution >= 4 is 35.2 Å². The van der Waals surface area contributed by atoms with Crippen molar-refractivity contribution in [2.45, 2.75) is 45.2 Å². The van der Waals surface area contributed by atoms with Crippen LogP contribution < -0.4 is 15.5 Å². The van der Waals surface area contributed by atoms with Gasteiger partial charge in [-0.2, -0.15) is 0 Å². The molecule has 0 radical (unpaired) electrons. The Morgan fingerprint density at radius 1 is 1.03 bits per heavy atom. The van der Waals surface area contributed by atoms with Gasteiger partial charge in [-0.05, 0) is 49.7 Å². The van der Waals surface area contributed by atoms with Crippen LogP contribution in [0.4, 0.5) is 22.1 Å². The zero-order valence-electron chi connectivity index (χ0n) is 20.6. The average molecular weight is 486 g/mol. The van der Waals surface area contributed by atoms with Gasteiger partial charge in [-0.1, -0.05) is 26.0 Å². The van der Waals surface area contributed by atoms with E-state index in [4.69, 9.17) is 5.73 Å². The Balaban J connectivity index is 1.52. The quantitative estimate of drug-likeness (QED) is 0.563. The minimum Gasteiger partial charge on any atom is -0.368 e. The number of urea groups is 1. The fraction of sp³-hybridized carbons (Fsp3) is 0.308. The molecular formula is C26H27N7O3. The van der Waals surface area contributed by atoms with Crippen molar-refractivity contribution < 1.29 is 14.4 Å². The maximum Gasteiger partial charge on any atom is 0.332 e. The molecule has 0 saturated carbocycles. The van der Waals surface area contributed by atoms with Crippen LogP contribution >= 0.6 is 0 Å². The van der Waals surface area contributed by atoms with Crippen LogP contribution in [0.15, 0.2) is 54.9 Å². The molecule has 5 rings (SSSR count). The lowest BCUT2D eigenvalue weighted by molar-refractivity contribution is -0.123. The number of rotatable bonds is 4. The third-order valence-electron chi connectivity index (χ3n) is 6.82. The molecule has 1 fully saturated rings. The fourth-order valence-corrected chi connectivity index (χ4v) is 4.82. The molecule has 10 heteroatoms. The number of hydrogen-bond donors (Lipinski definition) is 1. The highest BCUT2D eigenvalue weighted by Gasteiger charge is 2.52. The normalized spacial score (nSPS) is 18.1. The molecule has 0 unspecified atom stereocenters. The summed E-state index contributed by atoms with van der Waals surface area (Å²) < 4.78 is 0. The number of carbonyl (C=O) groups excluding carboxylic acids is 3. The van der Waals surface area contributed by atoms with Crippen LogP contribution in [0.3, 0.4) is 0 Å². The number of fused-ring (bicyclic) bond motifs is 1. The summed E-state index contributed by atoms with van der Waals surface area (Å²) in [5.41, 5.74) is 7.15. The summed E-state index contributed by atoms with van der Waals surface area (Å²) in [4.78, 5) is 56.9. The minimum absolute atomic E-state index is 0.0963. The number of nitrogens with two attached hydrogens (primary N) is 1. The molecule has 0 aliphatic carbocycles. The van der Waals surface area contributed by atoms with Gasteiger partial charge in [0.05, 0.1) is 17.9 Å². The first-order valence-corrected chi connectivity index (χ1v) is 11.6. The van der Waals surface area contributed by atoms with Crippen molar-refractivity contribution in [2.75, 3.05) is 22.1 Å². The van der Waals surface area contributed by atoms with Crippen LogP contribution in [-0.2, 0) is 16.8 Å². The number of imide groups is 1. The number of aromatic nitrogens is 3. The van der Waals surface area contributed by atoms with Gasteiger partial charge in [-0.25, -0.2) is 19.7 Å². The number of pyridine rings is 1. The molecule has 1 aromatic carbocycles. The van der Waals surface area contributed by atoms with Crippen molar-refractivity contribution in [3.63, 3.8) is 0 Å². The maximum atomic E-state index is 13.6. The molecule has 36 heavy (non-hydrogen) atoms. The predicted molar refractivity (Wildman–Crippen MR) is 134 cm³/mol. The second-order valence-corrected chi connectivity index (χ2v) is 10.2. The number of nitrogen functional groups attached to an aromatic ring is 1. The van der Waals surface area contributed by atoms with Gasteiger partial charge < -0.3 is 15.5 Å². The van der Waals surface area contributed by atoms with Crippen molar-refractivity contribution in [1.82, 2.24) is 19.9 Å². The van der Waals surface area contributed by atoms with Gasteiger partial charge in [0.25, 0.3) is 11.8 Å². The van der Waals surface area contributed by atoms with E-state index in [0.29, 0.717) is 29.3 Å². The lowest BCUT2D eigenvalue weighted by atomic mass is 9.87. The topological polar surface area (TPSA) is 126 Å². The van der Waals surface area contributed by atoms with Gasteiger partial charge in [-0.3, -0.25) is 14.6 Å². The van der Waals surface area contributed by atoms with E-state index in [-0.39, 0.29) is 29.7 Å². The Morgan fingerprint density at radius 2 is 1.81 bits per heavy atom. The van der Waals surface area contributed by atoms with E-state index in [1.165, 1.54) is 16.0 Å². The molecule has 2 aliphatic rings. The molecule has 2 aromatic heterocycles. The summed E-state index contributed by atoms with van der Waals surface area (Å²) in [5.74, 6) is -0.504. The van der Waals surface area contributed by atoms with Gasteiger partial charge in [-0.15, -0.1) is 0 Å². The Morgan fingerprint density at radius 3 is 2.50 bits per heavy atom. The summed E-state index contributed by atoms with van der Waals surface area (Å²) >= 11 is 0. The second-order valence-electron chi connectivity index (χ2n) is 10.2. The van der Waals surface area contributed by atoms with Gasteiger partial charge in [0.2, 0.25) is 5.95 Å². The Hall–Kier alpha value is -4.34. The number of amides is 4. The average Bonchev–Trinajstić information content (AvgIpc) is 3.21. The Bertz CT molecular complexity index is 1390. The molecular weight excluding hydrogens is 458 g/mol. The zero-order chi connectivity index (χ0) is 25.8. The lowest BCUT2D eigenvalue weighted by Crippen LogP contribution is -2.43. The van der Waals surface area contributed by atoms with E-state index in [1.807, 2.05) is 6.07 Å². The molecule has 0 spiro atoms. The number of carbonyl (C=O) groups is 3. The maximum absolute atomic E-state index is 13.6. The first-order valence-electron chi connectivity index (χ1n) is 11.6. The van der Waals surface area contributed by atoms with E-state index in [1.54, 1.807) is 61.3 Å². The number of hydrogen-bond acceptors (Lipinski definition) is 7. The minimum atomic E-state index is -1.11. The van der Waals surface area contributed by atoms with E-state index >= 15 is 0 Å². The van der Waals surface area contributed by atoms with E-state index in [2.05, 4.69) is 28.8 Å². The zero-order valence-corrected chi connectivity index (χ0v) is 20.6. The third kappa shape index (κ3) is 3.65. The van der Waals surface area contributed by atoms with Crippen molar-refractivity contribution in [3.05, 3.63) is 71.8 Å². The van der Waals surface area contributed by atoms with E-state index < -0.39 is 11.6 Å². The number of nitrogens with zero attached hydrogens (tertiary/aromatic N) is 6. The number of anilines is 3. The van der Waals surface area contributed by atoms with Crippen molar-refractivity contribution in [1.29, 1.82) is 0 Å². The molecule has 1 saturated heterocycles. The highest BCUT2D eigenvalue weighted by atomic mass is 16.2. The van der Waals surface area contributed by atoms with Crippen molar-refractivity contribution in [3.8, 4) is 0 Å². The third-order valence-corrected chi connectivity index (χ3v) is 6.82. The van der Waals surface area contributed by atoms with Gasteiger partial charge in [0.15, 0.2) is 0 Å². The van der Waals surface area contributed by atoms with Crippen molar-refractivity contribution in [2.24, 2.45) is 0 Å². The highest BCUT2D eigenvalue weighted by Crippen LogP contribution is 2.44. The Labute approximate surface area is 208 Å². The van der Waals surface area contributed by atoms with Gasteiger partial charge >= 0.3 is 6.03 Å². The molecule has 184 valence electrons. The Kier molecular flexibility index (Phi) is 5.27. The molecule has 0 atom stereocenters. The second kappa shape index (κ2) is 8.11. The molecule has 2 aliphatic heterocycles. The first-order chi connectivity index (χ1) is 17.0. The summed E-state index contributed by atoms with van der Waals surface area (Å²) in [6.45, 7) is 8.07. The molecule has 0 bridgehead atoms. The lowest BCUT2D eigenvalue weighted by Gasteiger charge is -2.27. The summed E-state index contributed by atoms with van der Waals surface area (Å²) in [6.07, 6.45) is 3.09. The van der Waals surface area contributed by atoms with Crippen LogP contribution in [0.1, 0.15) is 49.4 Å². The summed E-state index contributed by atoms with van der Waals surface area (Å²) in [5, 5.41) is 0. The molecule has 2 N–H and O–H groups in total. The summed E-state index contributed by atoms with van der Waals surface area (Å²) in [6, 6.07) is 11.8. The van der Waals surface area contributed by atoms with Crippen LogP contribution in [0.5, 0.6) is 0 Å². The smallest absolute Gasteiger partial charge is 0.332 e. The van der Waals surface area contributed by atoms with Crippen LogP contribution in [-0.4, -0.2) is 49.8 Å². The van der Waals surface area contributed by atoms with Crippen LogP contribution in [0.2, 0.25) is 0 Å². The molecule has 4 heterocycles. The summed E-state index contributed by atoms with van der Waals surface area (Å²) in [7, 11) is 0. The highest BCUT2D eigenvalue weighted by molar-refractivity contribution is 6.23. The van der Waals surface area contributed by atoms with Gasteiger partial charge in [0.1, 0.15) is 11.2 Å². The van der Waals surface area contributed by atoms with Crippen LogP contribution in [0.25, 0.3) is 0 Å². The molecule has 4 amide bonds. The van der Waals surface area contributed by atoms with E-state index in [0.717, 1.165) is 5.56 Å². The monoisotopic (exact) mass is 485 g/mol. The largest absolute Gasteiger partial charge is 0.368 e. The van der Waals surface area contributed by atoms with E-state index in [9.17, 15) is 14.4 Å². The molecule has 10 nitrogen and oxygen atoms in total. The SMILES string of the molecule is CC1(C)CN(C(=O)c2ccccn2)c2cc(N3C(=O)N(Cc4ccnc(N)n4)C(C)(C)C3=O)ccc21. The predicted octanol–water partition coefficient (Wildman–Crippen LogP) is 3.14. The molecule has 3 aromatic rings. The fourth-order valence-electron chi connectivity index (χ4n) is 4.82. The number of benzene rings is 1.